The highest BCUT2D eigenvalue weighted by Crippen LogP contribution is 2.18. The topological polar surface area (TPSA) is 101 Å². The van der Waals surface area contributed by atoms with Crippen LogP contribution in [0.15, 0.2) is 0 Å². The van der Waals surface area contributed by atoms with Crippen LogP contribution in [-0.2, 0) is 9.59 Å². The third-order valence-corrected chi connectivity index (χ3v) is 3.70. The quantitative estimate of drug-likeness (QED) is 0.517. The van der Waals surface area contributed by atoms with Gasteiger partial charge in [-0.1, -0.05) is 26.2 Å². The number of thioether (sulfide) groups is 1. The van der Waals surface area contributed by atoms with Crippen molar-refractivity contribution >= 4 is 23.7 Å². The number of rotatable bonds is 10. The van der Waals surface area contributed by atoms with Crippen LogP contribution in [0.1, 0.15) is 39.0 Å². The fourth-order valence-corrected chi connectivity index (χ4v) is 2.47. The lowest BCUT2D eigenvalue weighted by molar-refractivity contribution is -0.139. The number of aliphatic carboxylic acids is 2. The molecule has 0 bridgehead atoms. The number of carbonyl (C=O) groups is 2. The maximum absolute atomic E-state index is 10.9. The molecule has 0 amide bonds. The number of hydrogen-bond acceptors (Lipinski definition) is 4. The molecule has 0 saturated heterocycles. The van der Waals surface area contributed by atoms with E-state index in [-0.39, 0.29) is 6.42 Å². The Morgan fingerprint density at radius 3 is 2.29 bits per heavy atom. The van der Waals surface area contributed by atoms with Gasteiger partial charge in [-0.05, 0) is 18.6 Å². The minimum Gasteiger partial charge on any atom is -0.480 e. The van der Waals surface area contributed by atoms with E-state index in [0.717, 1.165) is 31.4 Å². The first-order valence-corrected chi connectivity index (χ1v) is 6.86. The van der Waals surface area contributed by atoms with E-state index in [1.807, 2.05) is 0 Å². The van der Waals surface area contributed by atoms with Crippen molar-refractivity contribution in [3.05, 3.63) is 0 Å². The average molecular weight is 263 g/mol. The van der Waals surface area contributed by atoms with E-state index in [1.54, 1.807) is 0 Å². The van der Waals surface area contributed by atoms with Crippen molar-refractivity contribution in [2.24, 2.45) is 5.73 Å². The Balaban J connectivity index is 3.91. The molecule has 0 radical (unpaired) electrons. The molecule has 0 aromatic carbocycles. The van der Waals surface area contributed by atoms with Gasteiger partial charge in [0.1, 0.15) is 11.3 Å². The van der Waals surface area contributed by atoms with Crippen molar-refractivity contribution in [1.82, 2.24) is 0 Å². The van der Waals surface area contributed by atoms with E-state index in [9.17, 15) is 9.59 Å². The predicted molar refractivity (Wildman–Crippen MR) is 68.3 cm³/mol. The van der Waals surface area contributed by atoms with E-state index in [0.29, 0.717) is 0 Å². The summed E-state index contributed by atoms with van der Waals surface area (Å²) < 4.78 is 0. The van der Waals surface area contributed by atoms with Crippen LogP contribution in [0, 0.1) is 0 Å². The molecule has 0 heterocycles. The number of carboxylic acid groups (broad SMARTS) is 2. The van der Waals surface area contributed by atoms with Gasteiger partial charge in [-0.25, -0.2) is 0 Å². The van der Waals surface area contributed by atoms with Crippen molar-refractivity contribution in [2.75, 3.05) is 5.75 Å². The van der Waals surface area contributed by atoms with Gasteiger partial charge in [0, 0.05) is 0 Å². The molecule has 0 aliphatic carbocycles. The molecule has 4 N–H and O–H groups in total. The van der Waals surface area contributed by atoms with Gasteiger partial charge >= 0.3 is 11.9 Å². The molecular formula is C11H21NO4S. The molecule has 1 unspecified atom stereocenters. The van der Waals surface area contributed by atoms with Crippen LogP contribution in [0.3, 0.4) is 0 Å². The first-order valence-electron chi connectivity index (χ1n) is 5.81. The first kappa shape index (κ1) is 16.2. The van der Waals surface area contributed by atoms with Gasteiger partial charge in [-0.2, -0.15) is 0 Å². The normalized spacial score (nSPS) is 14.2. The molecule has 2 atom stereocenters. The molecule has 0 aliphatic heterocycles. The van der Waals surface area contributed by atoms with Gasteiger partial charge < -0.3 is 15.9 Å². The smallest absolute Gasteiger partial charge is 0.320 e. The molecule has 100 valence electrons. The Morgan fingerprint density at radius 1 is 1.18 bits per heavy atom. The molecule has 0 aromatic heterocycles. The molecule has 5 nitrogen and oxygen atoms in total. The molecule has 0 rings (SSSR count). The fraction of sp³-hybridized carbons (Fsp3) is 0.818. The number of carboxylic acids is 2. The summed E-state index contributed by atoms with van der Waals surface area (Å²) in [6.07, 6.45) is 4.30. The van der Waals surface area contributed by atoms with Crippen molar-refractivity contribution < 1.29 is 19.8 Å². The van der Waals surface area contributed by atoms with E-state index in [2.05, 4.69) is 6.92 Å². The summed E-state index contributed by atoms with van der Waals surface area (Å²) in [6.45, 7) is 2.11. The second kappa shape index (κ2) is 9.30. The minimum absolute atomic E-state index is 0.0247. The van der Waals surface area contributed by atoms with Crippen LogP contribution >= 0.6 is 11.8 Å². The third kappa shape index (κ3) is 8.04. The standard InChI is InChI=1S/C11H21NO4S/c1-2-3-4-5-6-17-9(11(15)16)7-8(12)10(13)14/h8-9H,2-7,12H2,1H3,(H,13,14)(H,15,16)/t8-,9?/m0/s1. The summed E-state index contributed by atoms with van der Waals surface area (Å²) in [6, 6.07) is -1.10. The van der Waals surface area contributed by atoms with Crippen molar-refractivity contribution in [1.29, 1.82) is 0 Å². The summed E-state index contributed by atoms with van der Waals surface area (Å²) in [5.74, 6) is -1.39. The lowest BCUT2D eigenvalue weighted by Crippen LogP contribution is -2.35. The van der Waals surface area contributed by atoms with Gasteiger partial charge in [0.05, 0.1) is 0 Å². The lowest BCUT2D eigenvalue weighted by atomic mass is 10.2. The Kier molecular flexibility index (Phi) is 8.89. The van der Waals surface area contributed by atoms with E-state index < -0.39 is 23.2 Å². The van der Waals surface area contributed by atoms with Gasteiger partial charge in [0.25, 0.3) is 0 Å². The zero-order valence-electron chi connectivity index (χ0n) is 10.1. The minimum atomic E-state index is -1.15. The second-order valence-electron chi connectivity index (χ2n) is 3.94. The molecule has 6 heteroatoms. The average Bonchev–Trinajstić information content (AvgIpc) is 2.26. The molecule has 0 aromatic rings. The first-order chi connectivity index (χ1) is 7.99. The van der Waals surface area contributed by atoms with Gasteiger partial charge in [0.15, 0.2) is 0 Å². The molecular weight excluding hydrogens is 242 g/mol. The summed E-state index contributed by atoms with van der Waals surface area (Å²) >= 11 is 1.28. The largest absolute Gasteiger partial charge is 0.480 e. The zero-order valence-corrected chi connectivity index (χ0v) is 10.9. The number of unbranched alkanes of at least 4 members (excludes halogenated alkanes) is 3. The van der Waals surface area contributed by atoms with Crippen LogP contribution in [0.4, 0.5) is 0 Å². The highest BCUT2D eigenvalue weighted by atomic mass is 32.2. The summed E-state index contributed by atoms with van der Waals surface area (Å²) in [5, 5.41) is 16.8. The van der Waals surface area contributed by atoms with Gasteiger partial charge in [0.2, 0.25) is 0 Å². The van der Waals surface area contributed by atoms with Crippen LogP contribution in [0.2, 0.25) is 0 Å². The lowest BCUT2D eigenvalue weighted by Gasteiger charge is -2.14. The molecule has 0 aliphatic rings. The number of hydrogen-bond donors (Lipinski definition) is 3. The summed E-state index contributed by atoms with van der Waals surface area (Å²) in [5.41, 5.74) is 5.33. The van der Waals surface area contributed by atoms with E-state index >= 15 is 0 Å². The SMILES string of the molecule is CCCCCCSC(C[C@H](N)C(=O)O)C(=O)O. The Morgan fingerprint density at radius 2 is 1.82 bits per heavy atom. The van der Waals surface area contributed by atoms with Crippen LogP contribution in [0.5, 0.6) is 0 Å². The highest BCUT2D eigenvalue weighted by molar-refractivity contribution is 8.00. The maximum Gasteiger partial charge on any atom is 0.320 e. The van der Waals surface area contributed by atoms with Crippen molar-refractivity contribution in [2.45, 2.75) is 50.3 Å². The predicted octanol–water partition coefficient (Wildman–Crippen LogP) is 1.56. The Hall–Kier alpha value is -0.750. The van der Waals surface area contributed by atoms with Crippen molar-refractivity contribution in [3.8, 4) is 0 Å². The number of nitrogens with two attached hydrogens (primary N) is 1. The summed E-state index contributed by atoms with van der Waals surface area (Å²) in [4.78, 5) is 21.5. The van der Waals surface area contributed by atoms with Crippen molar-refractivity contribution in [3.63, 3.8) is 0 Å². The Labute approximate surface area is 106 Å². The van der Waals surface area contributed by atoms with Gasteiger partial charge in [-0.3, -0.25) is 9.59 Å². The zero-order chi connectivity index (χ0) is 13.3. The molecule has 0 spiro atoms. The molecule has 0 saturated carbocycles. The van der Waals surface area contributed by atoms with Gasteiger partial charge in [-0.15, -0.1) is 11.8 Å². The van der Waals surface area contributed by atoms with E-state index in [1.165, 1.54) is 11.8 Å². The van der Waals surface area contributed by atoms with Crippen LogP contribution < -0.4 is 5.73 Å². The van der Waals surface area contributed by atoms with E-state index in [4.69, 9.17) is 15.9 Å². The van der Waals surface area contributed by atoms with Crippen LogP contribution in [0.25, 0.3) is 0 Å². The summed E-state index contributed by atoms with van der Waals surface area (Å²) in [7, 11) is 0. The fourth-order valence-electron chi connectivity index (χ4n) is 1.33. The molecule has 0 fully saturated rings. The Bertz CT molecular complexity index is 248. The third-order valence-electron chi connectivity index (χ3n) is 2.38. The monoisotopic (exact) mass is 263 g/mol. The van der Waals surface area contributed by atoms with Crippen LogP contribution in [-0.4, -0.2) is 39.2 Å². The molecule has 17 heavy (non-hydrogen) atoms. The maximum atomic E-state index is 10.9. The second-order valence-corrected chi connectivity index (χ2v) is 5.25. The highest BCUT2D eigenvalue weighted by Gasteiger charge is 2.24.